The van der Waals surface area contributed by atoms with Gasteiger partial charge in [-0.15, -0.1) is 0 Å². The first-order valence-corrected chi connectivity index (χ1v) is 37.7. The topological polar surface area (TPSA) is 514 Å². The summed E-state index contributed by atoms with van der Waals surface area (Å²) in [6, 6.07) is -17.8. The van der Waals surface area contributed by atoms with Crippen LogP contribution in [-0.2, 0) is 67.1 Å². The van der Waals surface area contributed by atoms with E-state index < -0.39 is 176 Å². The molecule has 33 nitrogen and oxygen atoms in total. The minimum absolute atomic E-state index is 0.0429. The van der Waals surface area contributed by atoms with Crippen molar-refractivity contribution in [3.8, 4) is 0 Å². The van der Waals surface area contributed by atoms with Crippen molar-refractivity contribution < 1.29 is 92.7 Å². The van der Waals surface area contributed by atoms with E-state index >= 15 is 0 Å². The van der Waals surface area contributed by atoms with E-state index in [-0.39, 0.29) is 49.8 Å². The molecule has 1 aliphatic heterocycles. The highest BCUT2D eigenvalue weighted by Gasteiger charge is 2.40. The van der Waals surface area contributed by atoms with Gasteiger partial charge in [0.15, 0.2) is 0 Å². The van der Waals surface area contributed by atoms with Gasteiger partial charge in [0.2, 0.25) is 82.7 Å². The van der Waals surface area contributed by atoms with E-state index in [4.69, 9.17) is 5.73 Å². The van der Waals surface area contributed by atoms with E-state index in [1.807, 2.05) is 0 Å². The maximum Gasteiger partial charge on any atom is 0.248 e. The van der Waals surface area contributed by atoms with Crippen molar-refractivity contribution in [3.63, 3.8) is 0 Å². The number of carbonyl (C=O) groups is 14. The van der Waals surface area contributed by atoms with Gasteiger partial charge in [-0.05, 0) is 72.6 Å². The fourth-order valence-corrected chi connectivity index (χ4v) is 11.4. The van der Waals surface area contributed by atoms with Crippen molar-refractivity contribution in [1.82, 2.24) is 68.7 Å². The SMILES string of the molecule is CCCCCCCCCCCCCC(=O)NCCCC[C@H](NC(=O)CCCCCCCCCCCCC)C(=O)N[C@@H](CO)C(=O)N[C@@H](CO)C(=O)N1CCC[C@H]1C(=O)N[C@@H](C)C(=O)N[C@@H](CO)C(=O)N[C@@H](CO)C(=O)N[C@@H](C)C(=O)N[C@@H](C)C(=O)N[C@@H](CO)C(=O)N[C@@H](C)C(=O)N[C@@H](CS)C(N)=O. The van der Waals surface area contributed by atoms with Gasteiger partial charge >= 0.3 is 0 Å². The second kappa shape index (κ2) is 55.3. The third-order valence-electron chi connectivity index (χ3n) is 17.7. The average molecular weight is 1490 g/mol. The van der Waals surface area contributed by atoms with E-state index in [1.165, 1.54) is 111 Å². The maximum absolute atomic E-state index is 14.0. The Morgan fingerprint density at radius 2 is 0.699 bits per heavy atom. The van der Waals surface area contributed by atoms with Crippen molar-refractivity contribution in [2.24, 2.45) is 5.73 Å². The number of primary amides is 1. The van der Waals surface area contributed by atoms with Crippen LogP contribution in [0.2, 0.25) is 0 Å². The predicted octanol–water partition coefficient (Wildman–Crippen LogP) is -1.54. The summed E-state index contributed by atoms with van der Waals surface area (Å²) in [6.07, 6.45) is 26.6. The molecule has 1 rings (SSSR count). The maximum atomic E-state index is 14.0. The molecular formula is C69H124N14O19S. The van der Waals surface area contributed by atoms with Crippen LogP contribution in [0, 0.1) is 0 Å². The minimum atomic E-state index is -1.80. The molecule has 0 aromatic carbocycles. The molecule has 0 aliphatic carbocycles. The Hall–Kier alpha value is -7.27. The van der Waals surface area contributed by atoms with Crippen LogP contribution in [0.3, 0.4) is 0 Å². The number of unbranched alkanes of at least 4 members (excludes halogenated alkanes) is 21. The van der Waals surface area contributed by atoms with Gasteiger partial charge in [0.05, 0.1) is 33.0 Å². The van der Waals surface area contributed by atoms with E-state index in [0.717, 1.165) is 56.3 Å². The highest BCUT2D eigenvalue weighted by molar-refractivity contribution is 7.80. The zero-order valence-electron chi connectivity index (χ0n) is 61.5. The highest BCUT2D eigenvalue weighted by atomic mass is 32.1. The lowest BCUT2D eigenvalue weighted by atomic mass is 10.0. The average Bonchev–Trinajstić information content (AvgIpc) is 1.74. The number of aliphatic hydroxyl groups is 5. The summed E-state index contributed by atoms with van der Waals surface area (Å²) in [5.74, 6) is -12.4. The molecular weight excluding hydrogens is 1360 g/mol. The van der Waals surface area contributed by atoms with Crippen molar-refractivity contribution >= 4 is 95.3 Å². The van der Waals surface area contributed by atoms with Gasteiger partial charge in [-0.3, -0.25) is 67.1 Å². The van der Waals surface area contributed by atoms with Gasteiger partial charge in [0.25, 0.3) is 0 Å². The standard InChI is InChI=1S/C69H124N14O19S/c1-7-9-11-13-15-17-19-21-23-25-27-34-56(89)71-36-30-29-32-48(76-57(90)35-28-26-24-22-20-18-16-14-12-10-8-2)63(96)79-52(41-87)67(100)81-53(42-88)69(102)83-37-31-33-55(83)68(101)75-47(6)61(94)78-51(40-86)66(99)80-50(39-85)65(98)73-44(3)59(92)72-45(4)60(93)77-49(38-84)64(97)74-46(5)62(95)82-54(43-103)58(70)91/h44-55,84-88,103H,7-43H2,1-6H3,(H2,70,91)(H,71,89)(H,72,92)(H,73,98)(H,74,97)(H,75,101)(H,76,90)(H,77,93)(H,78,94)(H,79,96)(H,80,99)(H,81,100)(H,82,95)/t44-,45-,46-,47-,48-,49-,50-,51-,52-,53-,54-,55-/m0/s1. The number of hydrogen-bond acceptors (Lipinski definition) is 20. The van der Waals surface area contributed by atoms with Gasteiger partial charge in [-0.1, -0.05) is 142 Å². The molecule has 0 spiro atoms. The number of nitrogens with two attached hydrogens (primary N) is 1. The van der Waals surface area contributed by atoms with Crippen molar-refractivity contribution in [3.05, 3.63) is 0 Å². The van der Waals surface area contributed by atoms with E-state index in [2.05, 4.69) is 90.3 Å². The molecule has 103 heavy (non-hydrogen) atoms. The Bertz CT molecular complexity index is 2630. The summed E-state index contributed by atoms with van der Waals surface area (Å²) in [5, 5.41) is 79.2. The van der Waals surface area contributed by atoms with E-state index in [1.54, 1.807) is 0 Å². The predicted molar refractivity (Wildman–Crippen MR) is 386 cm³/mol. The molecule has 1 fully saturated rings. The molecule has 1 saturated heterocycles. The van der Waals surface area contributed by atoms with Crippen LogP contribution in [0.4, 0.5) is 0 Å². The third kappa shape index (κ3) is 38.9. The van der Waals surface area contributed by atoms with Gasteiger partial charge in [0, 0.05) is 31.7 Å². The Balaban J connectivity index is 2.92. The molecule has 0 unspecified atom stereocenters. The Kier molecular flexibility index (Phi) is 50.3. The Morgan fingerprint density at radius 3 is 1.09 bits per heavy atom. The molecule has 12 atom stereocenters. The Morgan fingerprint density at radius 1 is 0.379 bits per heavy atom. The molecule has 0 aromatic rings. The first kappa shape index (κ1) is 93.7. The largest absolute Gasteiger partial charge is 0.394 e. The molecule has 19 N–H and O–H groups in total. The summed E-state index contributed by atoms with van der Waals surface area (Å²) >= 11 is 3.92. The molecule has 0 aromatic heterocycles. The lowest BCUT2D eigenvalue weighted by Crippen LogP contribution is -2.61. The minimum Gasteiger partial charge on any atom is -0.394 e. The normalized spacial score (nSPS) is 15.8. The fourth-order valence-electron chi connectivity index (χ4n) is 11.1. The van der Waals surface area contributed by atoms with E-state index in [9.17, 15) is 92.7 Å². The molecule has 14 amide bonds. The third-order valence-corrected chi connectivity index (χ3v) is 18.0. The molecule has 0 bridgehead atoms. The quantitative estimate of drug-likeness (QED) is 0.0242. The summed E-state index contributed by atoms with van der Waals surface area (Å²) < 4.78 is 0. The smallest absolute Gasteiger partial charge is 0.248 e. The number of nitrogens with one attached hydrogen (secondary N) is 12. The first-order valence-electron chi connectivity index (χ1n) is 37.0. The molecule has 590 valence electrons. The number of rotatable bonds is 58. The summed E-state index contributed by atoms with van der Waals surface area (Å²) in [4.78, 5) is 185. The van der Waals surface area contributed by atoms with Crippen molar-refractivity contribution in [1.29, 1.82) is 0 Å². The summed E-state index contributed by atoms with van der Waals surface area (Å²) in [5.41, 5.74) is 5.20. The van der Waals surface area contributed by atoms with Crippen LogP contribution < -0.4 is 69.5 Å². The van der Waals surface area contributed by atoms with E-state index in [0.29, 0.717) is 32.2 Å². The van der Waals surface area contributed by atoms with Crippen molar-refractivity contribution in [2.45, 2.75) is 300 Å². The van der Waals surface area contributed by atoms with Crippen LogP contribution in [0.15, 0.2) is 0 Å². The molecule has 1 aliphatic rings. The van der Waals surface area contributed by atoms with Crippen LogP contribution in [-0.4, -0.2) is 238 Å². The number of nitrogens with zero attached hydrogens (tertiary/aromatic N) is 1. The van der Waals surface area contributed by atoms with Gasteiger partial charge < -0.3 is 100.0 Å². The molecule has 34 heteroatoms. The lowest BCUT2D eigenvalue weighted by molar-refractivity contribution is -0.143. The van der Waals surface area contributed by atoms with Crippen LogP contribution in [0.5, 0.6) is 0 Å². The number of thiol groups is 1. The fraction of sp³-hybridized carbons (Fsp3) is 0.797. The number of likely N-dealkylation sites (tertiary alicyclic amines) is 1. The van der Waals surface area contributed by atoms with Gasteiger partial charge in [-0.2, -0.15) is 12.6 Å². The first-order chi connectivity index (χ1) is 49.2. The number of hydrogen-bond donors (Lipinski definition) is 19. The van der Waals surface area contributed by atoms with Crippen LogP contribution >= 0.6 is 12.6 Å². The highest BCUT2D eigenvalue weighted by Crippen LogP contribution is 2.20. The molecule has 0 saturated carbocycles. The zero-order chi connectivity index (χ0) is 77.2. The van der Waals surface area contributed by atoms with Crippen molar-refractivity contribution in [2.75, 3.05) is 51.9 Å². The number of amides is 14. The molecule has 0 radical (unpaired) electrons. The number of aliphatic hydroxyl groups excluding tert-OH is 5. The van der Waals surface area contributed by atoms with Crippen LogP contribution in [0.1, 0.15) is 228 Å². The van der Waals surface area contributed by atoms with Gasteiger partial charge in [-0.25, -0.2) is 0 Å². The summed E-state index contributed by atoms with van der Waals surface area (Å²) in [7, 11) is 0. The Labute approximate surface area is 612 Å². The monoisotopic (exact) mass is 1480 g/mol. The number of carbonyl (C=O) groups excluding carboxylic acids is 14. The lowest BCUT2D eigenvalue weighted by Gasteiger charge is -2.29. The second-order valence-corrected chi connectivity index (χ2v) is 26.9. The molecule has 1 heterocycles. The van der Waals surface area contributed by atoms with Gasteiger partial charge in [0.1, 0.15) is 72.5 Å². The van der Waals surface area contributed by atoms with Crippen LogP contribution in [0.25, 0.3) is 0 Å². The second-order valence-electron chi connectivity index (χ2n) is 26.5. The summed E-state index contributed by atoms with van der Waals surface area (Å²) in [6.45, 7) is 4.46. The zero-order valence-corrected chi connectivity index (χ0v) is 62.4.